The number of piperidine rings is 1. The van der Waals surface area contributed by atoms with E-state index in [-0.39, 0.29) is 0 Å². The fraction of sp³-hybridized carbons (Fsp3) is 0.467. The highest BCUT2D eigenvalue weighted by Gasteiger charge is 2.23. The second-order valence-electron chi connectivity index (χ2n) is 5.82. The van der Waals surface area contributed by atoms with Crippen molar-refractivity contribution in [1.82, 2.24) is 9.97 Å². The third-order valence-corrected chi connectivity index (χ3v) is 3.81. The molecule has 1 aromatic carbocycles. The summed E-state index contributed by atoms with van der Waals surface area (Å²) < 4.78 is 0. The van der Waals surface area contributed by atoms with Crippen molar-refractivity contribution in [2.24, 2.45) is 11.8 Å². The minimum Gasteiger partial charge on any atom is -0.399 e. The molecule has 2 aromatic rings. The second kappa shape index (κ2) is 4.68. The van der Waals surface area contributed by atoms with Gasteiger partial charge in [-0.3, -0.25) is 0 Å². The minimum atomic E-state index is 0.711. The highest BCUT2D eigenvalue weighted by molar-refractivity contribution is 5.91. The van der Waals surface area contributed by atoms with Crippen LogP contribution in [-0.4, -0.2) is 23.1 Å². The van der Waals surface area contributed by atoms with Crippen LogP contribution in [0.4, 0.5) is 11.5 Å². The van der Waals surface area contributed by atoms with Crippen molar-refractivity contribution >= 4 is 22.4 Å². The molecule has 100 valence electrons. The van der Waals surface area contributed by atoms with Gasteiger partial charge in [0.1, 0.15) is 12.1 Å². The third-order valence-electron chi connectivity index (χ3n) is 3.81. The van der Waals surface area contributed by atoms with Crippen LogP contribution in [0, 0.1) is 11.8 Å². The molecule has 0 bridgehead atoms. The average Bonchev–Trinajstić information content (AvgIpc) is 2.36. The van der Waals surface area contributed by atoms with Gasteiger partial charge < -0.3 is 10.6 Å². The number of hydrogen-bond acceptors (Lipinski definition) is 4. The van der Waals surface area contributed by atoms with E-state index in [9.17, 15) is 0 Å². The van der Waals surface area contributed by atoms with Crippen LogP contribution in [0.1, 0.15) is 20.3 Å². The summed E-state index contributed by atoms with van der Waals surface area (Å²) in [6.07, 6.45) is 2.94. The Balaban J connectivity index is 2.04. The smallest absolute Gasteiger partial charge is 0.139 e. The maximum absolute atomic E-state index is 5.82. The van der Waals surface area contributed by atoms with E-state index in [4.69, 9.17) is 5.73 Å². The molecule has 2 atom stereocenters. The van der Waals surface area contributed by atoms with E-state index < -0.39 is 0 Å². The quantitative estimate of drug-likeness (QED) is 0.797. The molecule has 0 spiro atoms. The zero-order valence-corrected chi connectivity index (χ0v) is 11.5. The van der Waals surface area contributed by atoms with Crippen LogP contribution in [0.3, 0.4) is 0 Å². The maximum Gasteiger partial charge on any atom is 0.139 e. The van der Waals surface area contributed by atoms with Gasteiger partial charge in [-0.1, -0.05) is 13.8 Å². The lowest BCUT2D eigenvalue weighted by atomic mass is 9.92. The van der Waals surface area contributed by atoms with E-state index in [0.717, 1.165) is 35.5 Å². The SMILES string of the molecule is CC1CC(C)CN(c2ncnc3cc(N)ccc23)C1. The van der Waals surface area contributed by atoms with Gasteiger partial charge in [0.05, 0.1) is 5.52 Å². The predicted octanol–water partition coefficient (Wildman–Crippen LogP) is 2.69. The number of hydrogen-bond donors (Lipinski definition) is 1. The first-order valence-electron chi connectivity index (χ1n) is 6.88. The van der Waals surface area contributed by atoms with Gasteiger partial charge in [0.15, 0.2) is 0 Å². The Labute approximate surface area is 113 Å². The topological polar surface area (TPSA) is 55.0 Å². The molecule has 0 radical (unpaired) electrons. The Kier molecular flexibility index (Phi) is 3.01. The average molecular weight is 256 g/mol. The van der Waals surface area contributed by atoms with Gasteiger partial charge in [0.2, 0.25) is 0 Å². The van der Waals surface area contributed by atoms with Gasteiger partial charge in [-0.05, 0) is 36.5 Å². The fourth-order valence-electron chi connectivity index (χ4n) is 3.15. The third kappa shape index (κ3) is 2.35. The summed E-state index contributed by atoms with van der Waals surface area (Å²) in [6, 6.07) is 5.87. The molecule has 2 N–H and O–H groups in total. The van der Waals surface area contributed by atoms with E-state index >= 15 is 0 Å². The fourth-order valence-corrected chi connectivity index (χ4v) is 3.15. The van der Waals surface area contributed by atoms with Crippen molar-refractivity contribution in [3.8, 4) is 0 Å². The minimum absolute atomic E-state index is 0.711. The molecule has 1 aliphatic heterocycles. The summed E-state index contributed by atoms with van der Waals surface area (Å²) in [7, 11) is 0. The van der Waals surface area contributed by atoms with Gasteiger partial charge >= 0.3 is 0 Å². The molecule has 0 saturated carbocycles. The van der Waals surface area contributed by atoms with Crippen LogP contribution in [-0.2, 0) is 0 Å². The zero-order valence-electron chi connectivity index (χ0n) is 11.5. The van der Waals surface area contributed by atoms with Gasteiger partial charge in [-0.25, -0.2) is 9.97 Å². The number of benzene rings is 1. The largest absolute Gasteiger partial charge is 0.399 e. The molecule has 3 rings (SSSR count). The molecule has 1 aliphatic rings. The van der Waals surface area contributed by atoms with Crippen LogP contribution >= 0.6 is 0 Å². The van der Waals surface area contributed by atoms with Crippen molar-refractivity contribution < 1.29 is 0 Å². The van der Waals surface area contributed by atoms with Crippen LogP contribution in [0.25, 0.3) is 10.9 Å². The molecule has 0 aliphatic carbocycles. The Bertz CT molecular complexity index is 586. The number of rotatable bonds is 1. The summed E-state index contributed by atoms with van der Waals surface area (Å²) in [5.74, 6) is 2.47. The summed E-state index contributed by atoms with van der Waals surface area (Å²) in [4.78, 5) is 11.2. The Morgan fingerprint density at radius 3 is 2.63 bits per heavy atom. The molecule has 2 heterocycles. The molecule has 2 unspecified atom stereocenters. The summed E-state index contributed by atoms with van der Waals surface area (Å²) >= 11 is 0. The Hall–Kier alpha value is -1.84. The Morgan fingerprint density at radius 2 is 1.89 bits per heavy atom. The predicted molar refractivity (Wildman–Crippen MR) is 79.1 cm³/mol. The maximum atomic E-state index is 5.82. The van der Waals surface area contributed by atoms with E-state index in [1.165, 1.54) is 6.42 Å². The van der Waals surface area contributed by atoms with E-state index in [2.05, 4.69) is 28.7 Å². The van der Waals surface area contributed by atoms with E-state index in [1.54, 1.807) is 6.33 Å². The highest BCUT2D eigenvalue weighted by Crippen LogP contribution is 2.29. The molecule has 4 heteroatoms. The first kappa shape index (κ1) is 12.2. The van der Waals surface area contributed by atoms with E-state index in [1.807, 2.05) is 18.2 Å². The van der Waals surface area contributed by atoms with Crippen LogP contribution in [0.15, 0.2) is 24.5 Å². The number of aromatic nitrogens is 2. The Morgan fingerprint density at radius 1 is 1.16 bits per heavy atom. The molecular weight excluding hydrogens is 236 g/mol. The van der Waals surface area contributed by atoms with Gasteiger partial charge in [-0.15, -0.1) is 0 Å². The molecule has 1 saturated heterocycles. The lowest BCUT2D eigenvalue weighted by molar-refractivity contribution is 0.356. The lowest BCUT2D eigenvalue weighted by Crippen LogP contribution is -2.39. The first-order valence-corrected chi connectivity index (χ1v) is 6.88. The number of fused-ring (bicyclic) bond motifs is 1. The number of nitrogens with zero attached hydrogens (tertiary/aromatic N) is 3. The van der Waals surface area contributed by atoms with E-state index in [0.29, 0.717) is 11.8 Å². The summed E-state index contributed by atoms with van der Waals surface area (Å²) in [5.41, 5.74) is 7.50. The number of nitrogens with two attached hydrogens (primary N) is 1. The van der Waals surface area contributed by atoms with Crippen LogP contribution < -0.4 is 10.6 Å². The second-order valence-corrected chi connectivity index (χ2v) is 5.82. The standard InChI is InChI=1S/C15H20N4/c1-10-5-11(2)8-19(7-10)15-13-4-3-12(16)6-14(13)17-9-18-15/h3-4,6,9-11H,5,7-8,16H2,1-2H3. The van der Waals surface area contributed by atoms with Gasteiger partial charge in [-0.2, -0.15) is 0 Å². The summed E-state index contributed by atoms with van der Waals surface area (Å²) in [6.45, 7) is 6.76. The normalized spacial score (nSPS) is 23.8. The van der Waals surface area contributed by atoms with Crippen LogP contribution in [0.5, 0.6) is 0 Å². The van der Waals surface area contributed by atoms with Crippen molar-refractivity contribution in [2.45, 2.75) is 20.3 Å². The molecule has 19 heavy (non-hydrogen) atoms. The van der Waals surface area contributed by atoms with Gasteiger partial charge in [0.25, 0.3) is 0 Å². The zero-order chi connectivity index (χ0) is 13.4. The monoisotopic (exact) mass is 256 g/mol. The molecule has 1 fully saturated rings. The van der Waals surface area contributed by atoms with Crippen molar-refractivity contribution in [3.05, 3.63) is 24.5 Å². The highest BCUT2D eigenvalue weighted by atomic mass is 15.2. The first-order chi connectivity index (χ1) is 9.13. The molecule has 1 aromatic heterocycles. The molecule has 4 nitrogen and oxygen atoms in total. The number of nitrogen functional groups attached to an aromatic ring is 1. The van der Waals surface area contributed by atoms with Gasteiger partial charge in [0, 0.05) is 24.2 Å². The lowest BCUT2D eigenvalue weighted by Gasteiger charge is -2.36. The molecular formula is C15H20N4. The van der Waals surface area contributed by atoms with Crippen molar-refractivity contribution in [2.75, 3.05) is 23.7 Å². The van der Waals surface area contributed by atoms with Crippen LogP contribution in [0.2, 0.25) is 0 Å². The summed E-state index contributed by atoms with van der Waals surface area (Å²) in [5, 5.41) is 1.10. The molecule has 0 amide bonds. The number of anilines is 2. The van der Waals surface area contributed by atoms with Crippen molar-refractivity contribution in [3.63, 3.8) is 0 Å². The van der Waals surface area contributed by atoms with Crippen molar-refractivity contribution in [1.29, 1.82) is 0 Å².